The maximum Gasteiger partial charge on any atom is 0.263 e. The molecule has 4 nitrogen and oxygen atoms in total. The van der Waals surface area contributed by atoms with Crippen LogP contribution in [0.1, 0.15) is 47.5 Å². The van der Waals surface area contributed by atoms with E-state index in [1.165, 1.54) is 30.3 Å². The predicted molar refractivity (Wildman–Crippen MR) is 89.7 cm³/mol. The molecule has 1 aliphatic carbocycles. The standard InChI is InChI=1S/C13H18N2O2.2C2H6/c1-5-7-10(11(16)14-4)12(17)15(6-2)13(3)8-9-13;2*1-2/h5-7H,1-2,8-9H2,3-4H3,(H,14,16);2*1-2H3/b10-7-;;. The molecule has 0 aromatic rings. The SMILES string of the molecule is C=C/C=C(/C(=O)NC)C(=O)N(C=C)C1(C)CC1.CC.CC. The average Bonchev–Trinajstić information content (AvgIpc) is 3.26. The van der Waals surface area contributed by atoms with Gasteiger partial charge >= 0.3 is 0 Å². The topological polar surface area (TPSA) is 49.4 Å². The molecule has 0 heterocycles. The molecule has 1 aliphatic rings. The molecule has 120 valence electrons. The highest BCUT2D eigenvalue weighted by molar-refractivity contribution is 6.19. The fourth-order valence-electron chi connectivity index (χ4n) is 1.60. The van der Waals surface area contributed by atoms with Gasteiger partial charge in [0.1, 0.15) is 5.57 Å². The zero-order chi connectivity index (χ0) is 17.1. The molecule has 0 aromatic heterocycles. The van der Waals surface area contributed by atoms with Crippen LogP contribution < -0.4 is 5.32 Å². The fraction of sp³-hybridized carbons (Fsp3) is 0.529. The summed E-state index contributed by atoms with van der Waals surface area (Å²) in [6.45, 7) is 17.1. The Morgan fingerprint density at radius 1 is 1.14 bits per heavy atom. The fourth-order valence-corrected chi connectivity index (χ4v) is 1.60. The molecule has 0 radical (unpaired) electrons. The summed E-state index contributed by atoms with van der Waals surface area (Å²) in [5.41, 5.74) is -0.108. The Kier molecular flexibility index (Phi) is 11.1. The first-order valence-electron chi connectivity index (χ1n) is 7.51. The largest absolute Gasteiger partial charge is 0.355 e. The van der Waals surface area contributed by atoms with Crippen molar-refractivity contribution in [2.24, 2.45) is 0 Å². The number of nitrogens with one attached hydrogen (secondary N) is 1. The van der Waals surface area contributed by atoms with E-state index >= 15 is 0 Å². The second kappa shape index (κ2) is 10.9. The molecule has 1 saturated carbocycles. The maximum atomic E-state index is 12.2. The van der Waals surface area contributed by atoms with Gasteiger partial charge in [-0.3, -0.25) is 9.59 Å². The average molecular weight is 294 g/mol. The van der Waals surface area contributed by atoms with Gasteiger partial charge in [-0.1, -0.05) is 46.9 Å². The molecule has 0 saturated heterocycles. The van der Waals surface area contributed by atoms with Crippen LogP contribution in [0.2, 0.25) is 0 Å². The molecule has 0 spiro atoms. The second-order valence-electron chi connectivity index (χ2n) is 4.25. The highest BCUT2D eigenvalue weighted by Gasteiger charge is 2.45. The Labute approximate surface area is 129 Å². The Morgan fingerprint density at radius 2 is 1.62 bits per heavy atom. The first-order chi connectivity index (χ1) is 10.00. The first-order valence-corrected chi connectivity index (χ1v) is 7.51. The van der Waals surface area contributed by atoms with Crippen molar-refractivity contribution in [3.8, 4) is 0 Å². The monoisotopic (exact) mass is 294 g/mol. The lowest BCUT2D eigenvalue weighted by atomic mass is 10.1. The van der Waals surface area contributed by atoms with Gasteiger partial charge in [0.25, 0.3) is 11.8 Å². The highest BCUT2D eigenvalue weighted by Crippen LogP contribution is 2.41. The summed E-state index contributed by atoms with van der Waals surface area (Å²) in [4.78, 5) is 25.4. The number of nitrogens with zero attached hydrogens (tertiary/aromatic N) is 1. The minimum atomic E-state index is -0.411. The van der Waals surface area contributed by atoms with Crippen LogP contribution in [-0.4, -0.2) is 29.3 Å². The van der Waals surface area contributed by atoms with E-state index in [0.717, 1.165) is 12.8 Å². The summed E-state index contributed by atoms with van der Waals surface area (Å²) in [6, 6.07) is 0. The zero-order valence-corrected chi connectivity index (χ0v) is 14.3. The van der Waals surface area contributed by atoms with Crippen molar-refractivity contribution in [2.45, 2.75) is 53.0 Å². The number of hydrogen-bond donors (Lipinski definition) is 1. The van der Waals surface area contributed by atoms with Crippen molar-refractivity contribution < 1.29 is 9.59 Å². The van der Waals surface area contributed by atoms with Gasteiger partial charge < -0.3 is 10.2 Å². The van der Waals surface area contributed by atoms with Crippen molar-refractivity contribution >= 4 is 11.8 Å². The zero-order valence-electron chi connectivity index (χ0n) is 14.3. The first kappa shape index (κ1) is 21.5. The van der Waals surface area contributed by atoms with E-state index in [1.807, 2.05) is 34.6 Å². The minimum Gasteiger partial charge on any atom is -0.355 e. The lowest BCUT2D eigenvalue weighted by Crippen LogP contribution is -2.40. The van der Waals surface area contributed by atoms with Gasteiger partial charge in [-0.2, -0.15) is 0 Å². The van der Waals surface area contributed by atoms with Crippen LogP contribution in [0, 0.1) is 0 Å². The number of allylic oxidation sites excluding steroid dienone is 2. The Hall–Kier alpha value is -1.84. The summed E-state index contributed by atoms with van der Waals surface area (Å²) in [7, 11) is 1.49. The van der Waals surface area contributed by atoms with Crippen LogP contribution in [0.4, 0.5) is 0 Å². The number of likely N-dealkylation sites (N-methyl/N-ethyl adjacent to an activating group) is 1. The maximum absolute atomic E-state index is 12.2. The summed E-state index contributed by atoms with van der Waals surface area (Å²) >= 11 is 0. The molecule has 0 bridgehead atoms. The van der Waals surface area contributed by atoms with E-state index in [4.69, 9.17) is 0 Å². The predicted octanol–water partition coefficient (Wildman–Crippen LogP) is 3.42. The van der Waals surface area contributed by atoms with Gasteiger partial charge in [-0.15, -0.1) is 0 Å². The van der Waals surface area contributed by atoms with E-state index in [2.05, 4.69) is 18.5 Å². The van der Waals surface area contributed by atoms with Gasteiger partial charge in [-0.25, -0.2) is 0 Å². The van der Waals surface area contributed by atoms with E-state index in [-0.39, 0.29) is 17.0 Å². The third-order valence-electron chi connectivity index (χ3n) is 2.94. The van der Waals surface area contributed by atoms with E-state index in [9.17, 15) is 9.59 Å². The number of carbonyl (C=O) groups excluding carboxylic acids is 2. The van der Waals surface area contributed by atoms with Crippen LogP contribution in [0.3, 0.4) is 0 Å². The summed E-state index contributed by atoms with van der Waals surface area (Å²) < 4.78 is 0. The number of amides is 2. The van der Waals surface area contributed by atoms with Gasteiger partial charge in [-0.05, 0) is 25.8 Å². The molecule has 0 aromatic carbocycles. The molecule has 4 heteroatoms. The van der Waals surface area contributed by atoms with Crippen molar-refractivity contribution in [1.82, 2.24) is 10.2 Å². The molecule has 1 fully saturated rings. The summed E-state index contributed by atoms with van der Waals surface area (Å²) in [5.74, 6) is -0.745. The van der Waals surface area contributed by atoms with Crippen LogP contribution in [-0.2, 0) is 9.59 Å². The van der Waals surface area contributed by atoms with E-state index < -0.39 is 5.91 Å². The van der Waals surface area contributed by atoms with Crippen LogP contribution in [0.25, 0.3) is 0 Å². The Bertz CT molecular complexity index is 394. The summed E-state index contributed by atoms with van der Waals surface area (Å²) in [5, 5.41) is 2.44. The van der Waals surface area contributed by atoms with Gasteiger partial charge in [0, 0.05) is 18.8 Å². The Balaban J connectivity index is 0. The third kappa shape index (κ3) is 5.98. The van der Waals surface area contributed by atoms with E-state index in [0.29, 0.717) is 0 Å². The molecule has 1 rings (SSSR count). The van der Waals surface area contributed by atoms with Crippen molar-refractivity contribution in [2.75, 3.05) is 7.05 Å². The smallest absolute Gasteiger partial charge is 0.263 e. The number of rotatable bonds is 5. The molecular weight excluding hydrogens is 264 g/mol. The summed E-state index contributed by atoms with van der Waals surface area (Å²) in [6.07, 6.45) is 6.19. The number of carbonyl (C=O) groups is 2. The van der Waals surface area contributed by atoms with Crippen molar-refractivity contribution in [1.29, 1.82) is 0 Å². The second-order valence-corrected chi connectivity index (χ2v) is 4.25. The molecule has 2 amide bonds. The normalized spacial score (nSPS) is 14.3. The lowest BCUT2D eigenvalue weighted by Gasteiger charge is -2.25. The molecule has 1 N–H and O–H groups in total. The van der Waals surface area contributed by atoms with Crippen molar-refractivity contribution in [3.63, 3.8) is 0 Å². The van der Waals surface area contributed by atoms with Crippen LogP contribution in [0.15, 0.2) is 37.1 Å². The van der Waals surface area contributed by atoms with Crippen LogP contribution >= 0.6 is 0 Å². The van der Waals surface area contributed by atoms with Gasteiger partial charge in [0.2, 0.25) is 0 Å². The van der Waals surface area contributed by atoms with Crippen molar-refractivity contribution in [3.05, 3.63) is 37.1 Å². The number of hydrogen-bond acceptors (Lipinski definition) is 2. The quantitative estimate of drug-likeness (QED) is 0.365. The Morgan fingerprint density at radius 3 is 1.90 bits per heavy atom. The minimum absolute atomic E-state index is 0.0792. The van der Waals surface area contributed by atoms with Gasteiger partial charge in [0.05, 0.1) is 0 Å². The molecule has 0 atom stereocenters. The molecule has 21 heavy (non-hydrogen) atoms. The molecule has 0 aliphatic heterocycles. The molecule has 0 unspecified atom stereocenters. The van der Waals surface area contributed by atoms with Gasteiger partial charge in [0.15, 0.2) is 0 Å². The molecular formula is C17H30N2O2. The lowest BCUT2D eigenvalue weighted by molar-refractivity contribution is -0.129. The third-order valence-corrected chi connectivity index (χ3v) is 2.94. The van der Waals surface area contributed by atoms with E-state index in [1.54, 1.807) is 0 Å². The highest BCUT2D eigenvalue weighted by atomic mass is 16.2. The van der Waals surface area contributed by atoms with Crippen LogP contribution in [0.5, 0.6) is 0 Å².